The van der Waals surface area contributed by atoms with Crippen molar-refractivity contribution in [3.63, 3.8) is 0 Å². The monoisotopic (exact) mass is 295 g/mol. The van der Waals surface area contributed by atoms with Gasteiger partial charge in [0, 0.05) is 0 Å². The van der Waals surface area contributed by atoms with E-state index < -0.39 is 15.7 Å². The van der Waals surface area contributed by atoms with Crippen LogP contribution in [0.3, 0.4) is 0 Å². The quantitative estimate of drug-likeness (QED) is 0.879. The molecule has 2 aromatic carbocycles. The van der Waals surface area contributed by atoms with Gasteiger partial charge >= 0.3 is 0 Å². The summed E-state index contributed by atoms with van der Waals surface area (Å²) in [7, 11) is -2.16. The Hall–Kier alpha value is -2.08. The first-order valence-corrected chi connectivity index (χ1v) is 7.48. The van der Waals surface area contributed by atoms with Crippen LogP contribution >= 0.6 is 0 Å². The summed E-state index contributed by atoms with van der Waals surface area (Å²) in [5.41, 5.74) is 6.23. The van der Waals surface area contributed by atoms with Gasteiger partial charge in [-0.3, -0.25) is 0 Å². The summed E-state index contributed by atoms with van der Waals surface area (Å²) in [6.07, 6.45) is 0. The number of rotatable bonds is 4. The smallest absolute Gasteiger partial charge is 0.184 e. The fraction of sp³-hybridized carbons (Fsp3) is 0.143. The maximum Gasteiger partial charge on any atom is 0.184 e. The fourth-order valence-corrected chi connectivity index (χ4v) is 3.30. The van der Waals surface area contributed by atoms with E-state index in [0.717, 1.165) is 12.1 Å². The molecule has 0 aromatic heterocycles. The van der Waals surface area contributed by atoms with Gasteiger partial charge in [0.2, 0.25) is 0 Å². The molecule has 2 rings (SSSR count). The number of anilines is 1. The second kappa shape index (κ2) is 5.50. The average Bonchev–Trinajstić information content (AvgIpc) is 2.42. The van der Waals surface area contributed by atoms with E-state index in [4.69, 9.17) is 10.5 Å². The van der Waals surface area contributed by atoms with E-state index in [2.05, 4.69) is 0 Å². The van der Waals surface area contributed by atoms with E-state index in [1.54, 1.807) is 24.3 Å². The summed E-state index contributed by atoms with van der Waals surface area (Å²) in [4.78, 5) is -0.187. The van der Waals surface area contributed by atoms with Gasteiger partial charge in [-0.25, -0.2) is 12.8 Å². The Labute approximate surface area is 116 Å². The molecule has 106 valence electrons. The second-order valence-electron chi connectivity index (χ2n) is 4.29. The summed E-state index contributed by atoms with van der Waals surface area (Å²) in [5, 5.41) is 0. The normalized spacial score (nSPS) is 11.3. The van der Waals surface area contributed by atoms with Crippen molar-refractivity contribution < 1.29 is 17.5 Å². The maximum absolute atomic E-state index is 13.2. The minimum Gasteiger partial charge on any atom is -0.497 e. The number of nitrogen functional groups attached to an aromatic ring is 1. The molecule has 0 atom stereocenters. The SMILES string of the molecule is COc1ccc(CS(=O)(=O)c2cc(F)ccc2N)cc1. The van der Waals surface area contributed by atoms with E-state index in [1.807, 2.05) is 0 Å². The van der Waals surface area contributed by atoms with E-state index in [-0.39, 0.29) is 16.3 Å². The van der Waals surface area contributed by atoms with Gasteiger partial charge in [-0.2, -0.15) is 0 Å². The molecule has 0 aliphatic heterocycles. The highest BCUT2D eigenvalue weighted by Gasteiger charge is 2.19. The molecule has 0 aliphatic rings. The molecule has 6 heteroatoms. The van der Waals surface area contributed by atoms with Crippen LogP contribution in [0.1, 0.15) is 5.56 Å². The van der Waals surface area contributed by atoms with Gasteiger partial charge in [0.15, 0.2) is 9.84 Å². The molecular formula is C14H14FNO3S. The molecule has 4 nitrogen and oxygen atoms in total. The molecule has 20 heavy (non-hydrogen) atoms. The number of hydrogen-bond acceptors (Lipinski definition) is 4. The van der Waals surface area contributed by atoms with Crippen LogP contribution < -0.4 is 10.5 Å². The first-order valence-electron chi connectivity index (χ1n) is 5.83. The molecule has 0 heterocycles. The number of sulfone groups is 1. The molecule has 0 bridgehead atoms. The van der Waals surface area contributed by atoms with Crippen LogP contribution in [-0.2, 0) is 15.6 Å². The first kappa shape index (κ1) is 14.3. The number of hydrogen-bond donors (Lipinski definition) is 1. The summed E-state index contributed by atoms with van der Waals surface area (Å²) in [6, 6.07) is 9.93. The third-order valence-electron chi connectivity index (χ3n) is 2.83. The van der Waals surface area contributed by atoms with Crippen molar-refractivity contribution in [1.29, 1.82) is 0 Å². The minimum atomic E-state index is -3.69. The lowest BCUT2D eigenvalue weighted by molar-refractivity contribution is 0.414. The molecule has 2 aromatic rings. The lowest BCUT2D eigenvalue weighted by atomic mass is 10.2. The van der Waals surface area contributed by atoms with E-state index in [9.17, 15) is 12.8 Å². The van der Waals surface area contributed by atoms with Crippen molar-refractivity contribution in [2.24, 2.45) is 0 Å². The zero-order chi connectivity index (χ0) is 14.8. The van der Waals surface area contributed by atoms with Crippen LogP contribution in [-0.4, -0.2) is 15.5 Å². The lowest BCUT2D eigenvalue weighted by Crippen LogP contribution is -2.08. The summed E-state index contributed by atoms with van der Waals surface area (Å²) >= 11 is 0. The summed E-state index contributed by atoms with van der Waals surface area (Å²) in [5.74, 6) is -0.242. The molecule has 0 spiro atoms. The molecular weight excluding hydrogens is 281 g/mol. The standard InChI is InChI=1S/C14H14FNO3S/c1-19-12-5-2-10(3-6-12)9-20(17,18)14-8-11(15)4-7-13(14)16/h2-8H,9,16H2,1H3. The van der Waals surface area contributed by atoms with Crippen molar-refractivity contribution in [1.82, 2.24) is 0 Å². The third kappa shape index (κ3) is 3.08. The largest absolute Gasteiger partial charge is 0.497 e. The molecule has 0 radical (unpaired) electrons. The Morgan fingerprint density at radius 2 is 1.80 bits per heavy atom. The van der Waals surface area contributed by atoms with Crippen molar-refractivity contribution in [3.8, 4) is 5.75 Å². The van der Waals surface area contributed by atoms with Crippen molar-refractivity contribution in [2.45, 2.75) is 10.6 Å². The predicted molar refractivity (Wildman–Crippen MR) is 74.7 cm³/mol. The van der Waals surface area contributed by atoms with Crippen molar-refractivity contribution in [2.75, 3.05) is 12.8 Å². The summed E-state index contributed by atoms with van der Waals surface area (Å²) < 4.78 is 42.7. The van der Waals surface area contributed by atoms with Crippen LogP contribution in [0.25, 0.3) is 0 Å². The predicted octanol–water partition coefficient (Wildman–Crippen LogP) is 2.39. The van der Waals surface area contributed by atoms with Gasteiger partial charge in [-0.1, -0.05) is 12.1 Å². The number of methoxy groups -OCH3 is 1. The Bertz CT molecular complexity index is 712. The maximum atomic E-state index is 13.2. The van der Waals surface area contributed by atoms with Gasteiger partial charge < -0.3 is 10.5 Å². The zero-order valence-corrected chi connectivity index (χ0v) is 11.7. The number of ether oxygens (including phenoxy) is 1. The lowest BCUT2D eigenvalue weighted by Gasteiger charge is -2.08. The number of benzene rings is 2. The van der Waals surface area contributed by atoms with Crippen LogP contribution in [0.4, 0.5) is 10.1 Å². The fourth-order valence-electron chi connectivity index (χ4n) is 1.80. The minimum absolute atomic E-state index is 0.0416. The molecule has 0 saturated carbocycles. The second-order valence-corrected chi connectivity index (χ2v) is 6.25. The van der Waals surface area contributed by atoms with Crippen molar-refractivity contribution >= 4 is 15.5 Å². The van der Waals surface area contributed by atoms with Crippen LogP contribution in [0.15, 0.2) is 47.4 Å². The zero-order valence-electron chi connectivity index (χ0n) is 10.8. The number of nitrogens with two attached hydrogens (primary N) is 1. The third-order valence-corrected chi connectivity index (χ3v) is 4.56. The Morgan fingerprint density at radius 3 is 2.40 bits per heavy atom. The Kier molecular flexibility index (Phi) is 3.94. The van der Waals surface area contributed by atoms with Gasteiger partial charge in [0.25, 0.3) is 0 Å². The van der Waals surface area contributed by atoms with Gasteiger partial charge in [-0.15, -0.1) is 0 Å². The highest BCUT2D eigenvalue weighted by Crippen LogP contribution is 2.24. The van der Waals surface area contributed by atoms with E-state index in [1.165, 1.54) is 13.2 Å². The molecule has 0 saturated heterocycles. The van der Waals surface area contributed by atoms with E-state index >= 15 is 0 Å². The molecule has 2 N–H and O–H groups in total. The van der Waals surface area contributed by atoms with Crippen LogP contribution in [0.2, 0.25) is 0 Å². The number of halogens is 1. The van der Waals surface area contributed by atoms with Crippen molar-refractivity contribution in [3.05, 3.63) is 53.8 Å². The van der Waals surface area contributed by atoms with Crippen LogP contribution in [0, 0.1) is 5.82 Å². The Balaban J connectivity index is 2.32. The topological polar surface area (TPSA) is 69.4 Å². The van der Waals surface area contributed by atoms with E-state index in [0.29, 0.717) is 11.3 Å². The molecule has 0 unspecified atom stereocenters. The van der Waals surface area contributed by atoms with Crippen LogP contribution in [0.5, 0.6) is 5.75 Å². The highest BCUT2D eigenvalue weighted by atomic mass is 32.2. The van der Waals surface area contributed by atoms with Gasteiger partial charge in [0.1, 0.15) is 11.6 Å². The van der Waals surface area contributed by atoms with Gasteiger partial charge in [0.05, 0.1) is 23.4 Å². The molecule has 0 fully saturated rings. The molecule has 0 aliphatic carbocycles. The molecule has 0 amide bonds. The summed E-state index contributed by atoms with van der Waals surface area (Å²) in [6.45, 7) is 0. The van der Waals surface area contributed by atoms with Gasteiger partial charge in [-0.05, 0) is 35.9 Å². The Morgan fingerprint density at radius 1 is 1.15 bits per heavy atom. The first-order chi connectivity index (χ1) is 9.42. The highest BCUT2D eigenvalue weighted by molar-refractivity contribution is 7.90. The average molecular weight is 295 g/mol.